The monoisotopic (exact) mass is 355 g/mol. The smallest absolute Gasteiger partial charge is 0.274 e. The molecule has 0 fully saturated rings. The summed E-state index contributed by atoms with van der Waals surface area (Å²) in [6, 6.07) is 10.3. The molecule has 0 aliphatic heterocycles. The van der Waals surface area contributed by atoms with E-state index in [1.54, 1.807) is 18.2 Å². The second-order valence-corrected chi connectivity index (χ2v) is 6.33. The highest BCUT2D eigenvalue weighted by molar-refractivity contribution is 6.05. The van der Waals surface area contributed by atoms with Crippen LogP contribution in [-0.4, -0.2) is 28.9 Å². The zero-order chi connectivity index (χ0) is 19.1. The van der Waals surface area contributed by atoms with Gasteiger partial charge in [-0.05, 0) is 51.5 Å². The summed E-state index contributed by atoms with van der Waals surface area (Å²) in [4.78, 5) is 28.9. The molecule has 0 radical (unpaired) electrons. The lowest BCUT2D eigenvalue weighted by Gasteiger charge is -2.15. The molecule has 1 heterocycles. The van der Waals surface area contributed by atoms with Crippen LogP contribution in [0.25, 0.3) is 0 Å². The quantitative estimate of drug-likeness (QED) is 0.794. The molecular weight excluding hydrogens is 330 g/mol. The van der Waals surface area contributed by atoms with Crippen LogP contribution in [0.2, 0.25) is 0 Å². The Morgan fingerprint density at radius 3 is 2.54 bits per heavy atom. The number of rotatable bonds is 7. The van der Waals surface area contributed by atoms with Gasteiger partial charge in [0.05, 0.1) is 11.8 Å². The summed E-state index contributed by atoms with van der Waals surface area (Å²) in [6.45, 7) is 7.75. The topological polar surface area (TPSA) is 80.3 Å². The van der Waals surface area contributed by atoms with Crippen molar-refractivity contribution in [2.75, 3.05) is 5.32 Å². The summed E-state index contributed by atoms with van der Waals surface area (Å²) in [6.07, 6.45) is 2.27. The van der Waals surface area contributed by atoms with Crippen molar-refractivity contribution in [2.24, 2.45) is 0 Å². The molecule has 26 heavy (non-hydrogen) atoms. The van der Waals surface area contributed by atoms with E-state index >= 15 is 0 Å². The molecule has 2 amide bonds. The van der Waals surface area contributed by atoms with Crippen molar-refractivity contribution in [1.29, 1.82) is 0 Å². The lowest BCUT2D eigenvalue weighted by molar-refractivity contribution is 0.0939. The van der Waals surface area contributed by atoms with E-state index in [2.05, 4.69) is 15.6 Å². The zero-order valence-electron chi connectivity index (χ0n) is 15.6. The molecule has 1 atom stereocenters. The van der Waals surface area contributed by atoms with Gasteiger partial charge in [-0.1, -0.05) is 19.1 Å². The Bertz CT molecular complexity index is 774. The highest BCUT2D eigenvalue weighted by atomic mass is 16.5. The number of anilines is 1. The summed E-state index contributed by atoms with van der Waals surface area (Å²) in [7, 11) is 0. The Morgan fingerprint density at radius 1 is 1.12 bits per heavy atom. The van der Waals surface area contributed by atoms with Gasteiger partial charge in [0.15, 0.2) is 0 Å². The predicted octanol–water partition coefficient (Wildman–Crippen LogP) is 3.65. The molecule has 6 nitrogen and oxygen atoms in total. The molecular formula is C20H25N3O3. The molecule has 0 saturated carbocycles. The first-order valence-electron chi connectivity index (χ1n) is 8.74. The highest BCUT2D eigenvalue weighted by Crippen LogP contribution is 2.25. The minimum atomic E-state index is -0.400. The molecule has 1 unspecified atom stereocenters. The molecule has 0 aliphatic carbocycles. The third kappa shape index (κ3) is 5.31. The molecule has 6 heteroatoms. The van der Waals surface area contributed by atoms with Gasteiger partial charge in [-0.2, -0.15) is 0 Å². The summed E-state index contributed by atoms with van der Waals surface area (Å²) in [5.74, 6) is -0.0381. The van der Waals surface area contributed by atoms with E-state index in [9.17, 15) is 9.59 Å². The fraction of sp³-hybridized carbons (Fsp3) is 0.350. The second-order valence-electron chi connectivity index (χ2n) is 6.33. The van der Waals surface area contributed by atoms with Crippen LogP contribution in [0.15, 0.2) is 42.6 Å². The summed E-state index contributed by atoms with van der Waals surface area (Å²) < 4.78 is 5.70. The Hall–Kier alpha value is -2.89. The first kappa shape index (κ1) is 19.4. The Morgan fingerprint density at radius 2 is 1.85 bits per heavy atom. The van der Waals surface area contributed by atoms with Crippen LogP contribution in [0.5, 0.6) is 5.75 Å². The Labute approximate surface area is 154 Å². The van der Waals surface area contributed by atoms with E-state index in [1.807, 2.05) is 39.8 Å². The fourth-order valence-electron chi connectivity index (χ4n) is 2.22. The van der Waals surface area contributed by atoms with Crippen LogP contribution in [0.4, 0.5) is 5.69 Å². The van der Waals surface area contributed by atoms with Crippen molar-refractivity contribution < 1.29 is 14.3 Å². The molecule has 0 saturated heterocycles. The Kier molecular flexibility index (Phi) is 6.72. The van der Waals surface area contributed by atoms with E-state index in [0.29, 0.717) is 17.0 Å². The number of pyridine rings is 1. The van der Waals surface area contributed by atoms with Crippen molar-refractivity contribution in [3.63, 3.8) is 0 Å². The normalized spacial score (nSPS) is 11.7. The summed E-state index contributed by atoms with van der Waals surface area (Å²) >= 11 is 0. The number of nitrogens with one attached hydrogen (secondary N) is 2. The van der Waals surface area contributed by atoms with Crippen LogP contribution in [0.3, 0.4) is 0 Å². The Balaban J connectivity index is 2.16. The average molecular weight is 355 g/mol. The SMILES string of the molecule is CCC(C)NC(=O)c1ccnc(C(=O)Nc2ccccc2OC(C)C)c1. The molecule has 0 aliphatic rings. The lowest BCUT2D eigenvalue weighted by Crippen LogP contribution is -2.32. The molecule has 0 spiro atoms. The fourth-order valence-corrected chi connectivity index (χ4v) is 2.22. The van der Waals surface area contributed by atoms with Gasteiger partial charge < -0.3 is 15.4 Å². The van der Waals surface area contributed by atoms with Crippen LogP contribution in [0, 0.1) is 0 Å². The van der Waals surface area contributed by atoms with Crippen molar-refractivity contribution in [3.8, 4) is 5.75 Å². The number of benzene rings is 1. The number of aromatic nitrogens is 1. The second kappa shape index (κ2) is 8.99. The van der Waals surface area contributed by atoms with Crippen LogP contribution >= 0.6 is 0 Å². The van der Waals surface area contributed by atoms with Gasteiger partial charge in [-0.25, -0.2) is 0 Å². The number of para-hydroxylation sites is 2. The third-order valence-corrected chi connectivity index (χ3v) is 3.74. The van der Waals surface area contributed by atoms with Crippen molar-refractivity contribution in [2.45, 2.75) is 46.3 Å². The van der Waals surface area contributed by atoms with Gasteiger partial charge in [-0.3, -0.25) is 14.6 Å². The van der Waals surface area contributed by atoms with Gasteiger partial charge in [0.25, 0.3) is 11.8 Å². The van der Waals surface area contributed by atoms with Crippen LogP contribution in [0.1, 0.15) is 55.0 Å². The maximum Gasteiger partial charge on any atom is 0.274 e. The maximum absolute atomic E-state index is 12.5. The highest BCUT2D eigenvalue weighted by Gasteiger charge is 2.15. The number of carbonyl (C=O) groups is 2. The predicted molar refractivity (Wildman–Crippen MR) is 102 cm³/mol. The number of carbonyl (C=O) groups excluding carboxylic acids is 2. The first-order valence-corrected chi connectivity index (χ1v) is 8.74. The van der Waals surface area contributed by atoms with E-state index in [-0.39, 0.29) is 23.7 Å². The van der Waals surface area contributed by atoms with E-state index in [4.69, 9.17) is 4.74 Å². The van der Waals surface area contributed by atoms with Crippen molar-refractivity contribution in [3.05, 3.63) is 53.9 Å². The molecule has 2 N–H and O–H groups in total. The number of hydrogen-bond donors (Lipinski definition) is 2. The van der Waals surface area contributed by atoms with E-state index in [1.165, 1.54) is 12.3 Å². The van der Waals surface area contributed by atoms with Gasteiger partial charge in [0.1, 0.15) is 11.4 Å². The molecule has 0 bridgehead atoms. The number of amides is 2. The lowest BCUT2D eigenvalue weighted by atomic mass is 10.1. The minimum Gasteiger partial charge on any atom is -0.489 e. The number of nitrogens with zero attached hydrogens (tertiary/aromatic N) is 1. The summed E-state index contributed by atoms with van der Waals surface area (Å²) in [5.41, 5.74) is 1.13. The van der Waals surface area contributed by atoms with Gasteiger partial charge >= 0.3 is 0 Å². The summed E-state index contributed by atoms with van der Waals surface area (Å²) in [5, 5.41) is 5.67. The maximum atomic E-state index is 12.5. The van der Waals surface area contributed by atoms with Crippen molar-refractivity contribution in [1.82, 2.24) is 10.3 Å². The first-order chi connectivity index (χ1) is 12.4. The van der Waals surface area contributed by atoms with Crippen LogP contribution in [-0.2, 0) is 0 Å². The zero-order valence-corrected chi connectivity index (χ0v) is 15.6. The number of ether oxygens (including phenoxy) is 1. The van der Waals surface area contributed by atoms with Gasteiger partial charge in [-0.15, -0.1) is 0 Å². The molecule has 1 aromatic heterocycles. The van der Waals surface area contributed by atoms with E-state index < -0.39 is 5.91 Å². The molecule has 1 aromatic carbocycles. The van der Waals surface area contributed by atoms with Gasteiger partial charge in [0, 0.05) is 17.8 Å². The van der Waals surface area contributed by atoms with Crippen molar-refractivity contribution >= 4 is 17.5 Å². The minimum absolute atomic E-state index is 0.0150. The third-order valence-electron chi connectivity index (χ3n) is 3.74. The molecule has 2 aromatic rings. The van der Waals surface area contributed by atoms with Gasteiger partial charge in [0.2, 0.25) is 0 Å². The number of hydrogen-bond acceptors (Lipinski definition) is 4. The van der Waals surface area contributed by atoms with Crippen LogP contribution < -0.4 is 15.4 Å². The largest absolute Gasteiger partial charge is 0.489 e. The molecule has 138 valence electrons. The standard InChI is InChI=1S/C20H25N3O3/c1-5-14(4)22-19(24)15-10-11-21-17(12-15)20(25)23-16-8-6-7-9-18(16)26-13(2)3/h6-14H,5H2,1-4H3,(H,22,24)(H,23,25). The molecule has 2 rings (SSSR count). The average Bonchev–Trinajstić information content (AvgIpc) is 2.62. The van der Waals surface area contributed by atoms with E-state index in [0.717, 1.165) is 6.42 Å².